The Kier molecular flexibility index (Phi) is 2.12. The summed E-state index contributed by atoms with van der Waals surface area (Å²) in [4.78, 5) is 12.3. The molecular formula is C14H16O. The van der Waals surface area contributed by atoms with Gasteiger partial charge in [-0.15, -0.1) is 0 Å². The van der Waals surface area contributed by atoms with Crippen LogP contribution in [0.15, 0.2) is 24.3 Å². The zero-order chi connectivity index (χ0) is 10.3. The van der Waals surface area contributed by atoms with E-state index >= 15 is 0 Å². The molecule has 0 amide bonds. The Balaban J connectivity index is 2.02. The average Bonchev–Trinajstić information content (AvgIpc) is 2.30. The van der Waals surface area contributed by atoms with Gasteiger partial charge in [-0.3, -0.25) is 4.79 Å². The minimum atomic E-state index is 0.341. The van der Waals surface area contributed by atoms with E-state index in [0.717, 1.165) is 18.4 Å². The van der Waals surface area contributed by atoms with Crippen LogP contribution in [0.4, 0.5) is 0 Å². The Labute approximate surface area is 90.5 Å². The summed E-state index contributed by atoms with van der Waals surface area (Å²) < 4.78 is 0. The maximum absolute atomic E-state index is 12.3. The first-order valence-corrected chi connectivity index (χ1v) is 5.98. The third-order valence-corrected chi connectivity index (χ3v) is 4.01. The largest absolute Gasteiger partial charge is 0.294 e. The Hall–Kier alpha value is -1.11. The molecule has 0 spiro atoms. The van der Waals surface area contributed by atoms with E-state index in [0.29, 0.717) is 17.6 Å². The van der Waals surface area contributed by atoms with E-state index in [2.05, 4.69) is 12.1 Å². The molecule has 15 heavy (non-hydrogen) atoms. The lowest BCUT2D eigenvalue weighted by atomic mass is 9.68. The Morgan fingerprint density at radius 2 is 1.87 bits per heavy atom. The van der Waals surface area contributed by atoms with Crippen LogP contribution in [0.5, 0.6) is 0 Å². The van der Waals surface area contributed by atoms with Gasteiger partial charge < -0.3 is 0 Å². The van der Waals surface area contributed by atoms with E-state index in [1.54, 1.807) is 0 Å². The fourth-order valence-corrected chi connectivity index (χ4v) is 3.22. The number of benzene rings is 1. The smallest absolute Gasteiger partial charge is 0.166 e. The molecule has 0 aliphatic heterocycles. The quantitative estimate of drug-likeness (QED) is 0.628. The second-order valence-corrected chi connectivity index (χ2v) is 4.88. The summed E-state index contributed by atoms with van der Waals surface area (Å²) in [6, 6.07) is 8.16. The maximum atomic E-state index is 12.3. The van der Waals surface area contributed by atoms with E-state index in [1.165, 1.54) is 24.8 Å². The molecule has 0 saturated heterocycles. The predicted octanol–water partition coefficient (Wildman–Crippen LogP) is 3.23. The third kappa shape index (κ3) is 1.41. The first-order valence-electron chi connectivity index (χ1n) is 5.98. The van der Waals surface area contributed by atoms with Crippen LogP contribution in [0, 0.1) is 11.8 Å². The monoisotopic (exact) mass is 200 g/mol. The van der Waals surface area contributed by atoms with Crippen molar-refractivity contribution in [3.05, 3.63) is 35.4 Å². The van der Waals surface area contributed by atoms with Crippen molar-refractivity contribution in [1.82, 2.24) is 0 Å². The second-order valence-electron chi connectivity index (χ2n) is 4.88. The molecule has 0 aromatic heterocycles. The predicted molar refractivity (Wildman–Crippen MR) is 59.9 cm³/mol. The van der Waals surface area contributed by atoms with Crippen molar-refractivity contribution in [2.75, 3.05) is 0 Å². The number of carbonyl (C=O) groups excluding carboxylic acids is 1. The van der Waals surface area contributed by atoms with Gasteiger partial charge in [-0.2, -0.15) is 0 Å². The van der Waals surface area contributed by atoms with Crippen molar-refractivity contribution in [2.45, 2.75) is 32.1 Å². The fourth-order valence-electron chi connectivity index (χ4n) is 3.22. The average molecular weight is 200 g/mol. The summed E-state index contributed by atoms with van der Waals surface area (Å²) in [6.07, 6.45) is 6.07. The molecule has 0 unspecified atom stereocenters. The zero-order valence-corrected chi connectivity index (χ0v) is 8.91. The van der Waals surface area contributed by atoms with Crippen molar-refractivity contribution in [1.29, 1.82) is 0 Å². The summed E-state index contributed by atoms with van der Waals surface area (Å²) in [6.45, 7) is 0. The Morgan fingerprint density at radius 3 is 2.80 bits per heavy atom. The van der Waals surface area contributed by atoms with Gasteiger partial charge >= 0.3 is 0 Å². The highest BCUT2D eigenvalue weighted by Gasteiger charge is 2.36. The number of carbonyl (C=O) groups is 1. The maximum Gasteiger partial charge on any atom is 0.166 e. The molecule has 1 heteroatoms. The standard InChI is InChI=1S/C14H16O/c15-14-12-7-3-1-5-10(12)9-11-6-2-4-8-13(11)14/h1,3,5,7,11,13H,2,4,6,8-9H2/t11-,13+/m1/s1. The van der Waals surface area contributed by atoms with Crippen LogP contribution in [0.25, 0.3) is 0 Å². The van der Waals surface area contributed by atoms with Gasteiger partial charge in [-0.05, 0) is 30.7 Å². The summed E-state index contributed by atoms with van der Waals surface area (Å²) in [5, 5.41) is 0. The molecule has 2 aliphatic rings. The minimum absolute atomic E-state index is 0.341. The summed E-state index contributed by atoms with van der Waals surface area (Å²) in [5.74, 6) is 1.40. The van der Waals surface area contributed by atoms with Gasteiger partial charge in [0.2, 0.25) is 0 Å². The molecule has 1 saturated carbocycles. The van der Waals surface area contributed by atoms with Crippen molar-refractivity contribution in [3.63, 3.8) is 0 Å². The van der Waals surface area contributed by atoms with Gasteiger partial charge in [0.05, 0.1) is 0 Å². The zero-order valence-electron chi connectivity index (χ0n) is 8.91. The van der Waals surface area contributed by atoms with Crippen molar-refractivity contribution < 1.29 is 4.79 Å². The Bertz CT molecular complexity index is 394. The van der Waals surface area contributed by atoms with Gasteiger partial charge in [0.15, 0.2) is 5.78 Å². The van der Waals surface area contributed by atoms with Crippen molar-refractivity contribution in [2.24, 2.45) is 11.8 Å². The number of Topliss-reactive ketones (excluding diaryl/α,β-unsaturated/α-hetero) is 1. The summed E-state index contributed by atoms with van der Waals surface area (Å²) in [5.41, 5.74) is 2.28. The molecule has 1 fully saturated rings. The highest BCUT2D eigenvalue weighted by atomic mass is 16.1. The lowest BCUT2D eigenvalue weighted by Crippen LogP contribution is -2.33. The lowest BCUT2D eigenvalue weighted by Gasteiger charge is -2.35. The number of ketones is 1. The Morgan fingerprint density at radius 1 is 1.07 bits per heavy atom. The number of hydrogen-bond donors (Lipinski definition) is 0. The van der Waals surface area contributed by atoms with E-state index in [-0.39, 0.29) is 0 Å². The van der Waals surface area contributed by atoms with Crippen LogP contribution in [-0.2, 0) is 6.42 Å². The molecule has 0 N–H and O–H groups in total. The van der Waals surface area contributed by atoms with Gasteiger partial charge in [-0.1, -0.05) is 37.1 Å². The van der Waals surface area contributed by atoms with Crippen LogP contribution < -0.4 is 0 Å². The first-order chi connectivity index (χ1) is 7.36. The van der Waals surface area contributed by atoms with Gasteiger partial charge in [0, 0.05) is 11.5 Å². The molecule has 2 atom stereocenters. The normalized spacial score (nSPS) is 29.5. The minimum Gasteiger partial charge on any atom is -0.294 e. The van der Waals surface area contributed by atoms with Crippen LogP contribution in [0.1, 0.15) is 41.6 Å². The van der Waals surface area contributed by atoms with E-state index in [4.69, 9.17) is 0 Å². The topological polar surface area (TPSA) is 17.1 Å². The van der Waals surface area contributed by atoms with Crippen molar-refractivity contribution in [3.8, 4) is 0 Å². The molecule has 1 aromatic rings. The van der Waals surface area contributed by atoms with Crippen LogP contribution in [0.3, 0.4) is 0 Å². The molecule has 0 radical (unpaired) electrons. The van der Waals surface area contributed by atoms with Crippen LogP contribution in [-0.4, -0.2) is 5.78 Å². The molecule has 0 bridgehead atoms. The first kappa shape index (κ1) is 9.14. The highest BCUT2D eigenvalue weighted by Crippen LogP contribution is 2.39. The van der Waals surface area contributed by atoms with Gasteiger partial charge in [0.1, 0.15) is 0 Å². The van der Waals surface area contributed by atoms with Gasteiger partial charge in [0.25, 0.3) is 0 Å². The molecule has 78 valence electrons. The van der Waals surface area contributed by atoms with E-state index in [1.807, 2.05) is 12.1 Å². The molecular weight excluding hydrogens is 184 g/mol. The summed E-state index contributed by atoms with van der Waals surface area (Å²) >= 11 is 0. The molecule has 1 aromatic carbocycles. The molecule has 3 rings (SSSR count). The molecule has 1 nitrogen and oxygen atoms in total. The van der Waals surface area contributed by atoms with Crippen LogP contribution in [0.2, 0.25) is 0 Å². The van der Waals surface area contributed by atoms with E-state index < -0.39 is 0 Å². The SMILES string of the molecule is O=C1c2ccccc2C[C@H]2CCCC[C@H]12. The van der Waals surface area contributed by atoms with Crippen LogP contribution >= 0.6 is 0 Å². The highest BCUT2D eigenvalue weighted by molar-refractivity contribution is 6.00. The number of rotatable bonds is 0. The molecule has 2 aliphatic carbocycles. The van der Waals surface area contributed by atoms with Crippen molar-refractivity contribution >= 4 is 5.78 Å². The molecule has 0 heterocycles. The van der Waals surface area contributed by atoms with Gasteiger partial charge in [-0.25, -0.2) is 0 Å². The third-order valence-electron chi connectivity index (χ3n) is 4.01. The lowest BCUT2D eigenvalue weighted by molar-refractivity contribution is 0.0800. The second kappa shape index (κ2) is 3.48. The number of hydrogen-bond acceptors (Lipinski definition) is 1. The van der Waals surface area contributed by atoms with E-state index in [9.17, 15) is 4.79 Å². The number of fused-ring (bicyclic) bond motifs is 2. The fraction of sp³-hybridized carbons (Fsp3) is 0.500. The summed E-state index contributed by atoms with van der Waals surface area (Å²) in [7, 11) is 0.